The molecule has 0 aliphatic rings. The summed E-state index contributed by atoms with van der Waals surface area (Å²) in [5.41, 5.74) is 12.9. The number of nitrogens with one attached hydrogen (secondary N) is 1. The van der Waals surface area contributed by atoms with Crippen molar-refractivity contribution >= 4 is 39.0 Å². The van der Waals surface area contributed by atoms with Crippen molar-refractivity contribution < 1.29 is 9.21 Å². The Balaban J connectivity index is 2.31. The number of thiophene rings is 1. The number of rotatable bonds is 4. The van der Waals surface area contributed by atoms with E-state index in [4.69, 9.17) is 15.9 Å². The molecule has 3 aromatic rings. The van der Waals surface area contributed by atoms with Crippen LogP contribution in [0.15, 0.2) is 35.5 Å². The van der Waals surface area contributed by atoms with E-state index in [1.165, 1.54) is 6.26 Å². The van der Waals surface area contributed by atoms with Gasteiger partial charge < -0.3 is 21.2 Å². The third-order valence-corrected chi connectivity index (χ3v) is 4.50. The highest BCUT2D eigenvalue weighted by Crippen LogP contribution is 2.42. The quantitative estimate of drug-likeness (QED) is 0.626. The molecular weight excluding hydrogens is 326 g/mol. The van der Waals surface area contributed by atoms with Crippen LogP contribution >= 0.6 is 11.3 Å². The Morgan fingerprint density at radius 1 is 1.54 bits per heavy atom. The molecule has 3 heterocycles. The number of pyridine rings is 1. The van der Waals surface area contributed by atoms with E-state index in [-0.39, 0.29) is 23.0 Å². The first kappa shape index (κ1) is 15.6. The molecule has 24 heavy (non-hydrogen) atoms. The van der Waals surface area contributed by atoms with Gasteiger partial charge in [-0.05, 0) is 12.1 Å². The second kappa shape index (κ2) is 6.06. The molecule has 0 saturated carbocycles. The largest absolute Gasteiger partial charge is 0.464 e. The Kier molecular flexibility index (Phi) is 3.93. The summed E-state index contributed by atoms with van der Waals surface area (Å²) in [4.78, 5) is 17.2. The molecule has 0 atom stereocenters. The van der Waals surface area contributed by atoms with Gasteiger partial charge in [-0.2, -0.15) is 5.26 Å². The third-order valence-electron chi connectivity index (χ3n) is 3.40. The van der Waals surface area contributed by atoms with Gasteiger partial charge in [0.1, 0.15) is 32.9 Å². The monoisotopic (exact) mass is 339 g/mol. The molecule has 0 aliphatic carbocycles. The van der Waals surface area contributed by atoms with Crippen molar-refractivity contribution in [1.29, 1.82) is 5.26 Å². The highest BCUT2D eigenvalue weighted by molar-refractivity contribution is 7.21. The van der Waals surface area contributed by atoms with Gasteiger partial charge in [0, 0.05) is 11.9 Å². The fraction of sp³-hybridized carbons (Fsp3) is 0.0625. The van der Waals surface area contributed by atoms with E-state index >= 15 is 0 Å². The SMILES string of the molecule is C=CCNC(=O)c1sc2nc(N)c(C#N)c(-c3ccco3)c2c1N. The van der Waals surface area contributed by atoms with Gasteiger partial charge in [-0.15, -0.1) is 17.9 Å². The minimum Gasteiger partial charge on any atom is -0.464 e. The standard InChI is InChI=1S/C16H13N5O2S/c1-2-5-20-15(22)13-12(18)11-10(9-4-3-6-23-9)8(7-17)14(19)21-16(11)24-13/h2-4,6H,1,5,18H2,(H2,19,21)(H,20,22). The maximum atomic E-state index is 12.3. The van der Waals surface area contributed by atoms with Crippen LogP contribution in [0.2, 0.25) is 0 Å². The molecular formula is C16H13N5O2S. The number of fused-ring (bicyclic) bond motifs is 1. The highest BCUT2D eigenvalue weighted by Gasteiger charge is 2.25. The van der Waals surface area contributed by atoms with Crippen LogP contribution in [0.3, 0.4) is 0 Å². The van der Waals surface area contributed by atoms with Gasteiger partial charge in [0.15, 0.2) is 0 Å². The van der Waals surface area contributed by atoms with E-state index in [0.29, 0.717) is 33.0 Å². The molecule has 3 rings (SSSR count). The van der Waals surface area contributed by atoms with Gasteiger partial charge in [0.05, 0.1) is 17.5 Å². The van der Waals surface area contributed by atoms with Crippen molar-refractivity contribution in [3.63, 3.8) is 0 Å². The van der Waals surface area contributed by atoms with Gasteiger partial charge in [0.25, 0.3) is 5.91 Å². The number of hydrogen-bond donors (Lipinski definition) is 3. The molecule has 0 aliphatic heterocycles. The maximum absolute atomic E-state index is 12.3. The third kappa shape index (κ3) is 2.37. The number of nitrogens with zero attached hydrogens (tertiary/aromatic N) is 2. The summed E-state index contributed by atoms with van der Waals surface area (Å²) in [6.45, 7) is 3.87. The number of amides is 1. The van der Waals surface area contributed by atoms with Gasteiger partial charge in [-0.25, -0.2) is 4.98 Å². The Bertz CT molecular complexity index is 982. The average molecular weight is 339 g/mol. The smallest absolute Gasteiger partial charge is 0.263 e. The summed E-state index contributed by atoms with van der Waals surface area (Å²) in [7, 11) is 0. The number of furan rings is 1. The lowest BCUT2D eigenvalue weighted by Crippen LogP contribution is -2.22. The predicted octanol–water partition coefficient (Wildman–Crippen LogP) is 2.51. The molecule has 8 heteroatoms. The lowest BCUT2D eigenvalue weighted by atomic mass is 10.0. The van der Waals surface area contributed by atoms with Crippen LogP contribution < -0.4 is 16.8 Å². The maximum Gasteiger partial charge on any atom is 0.263 e. The molecule has 3 aromatic heterocycles. The molecule has 0 bridgehead atoms. The first-order valence-corrected chi connectivity index (χ1v) is 7.74. The normalized spacial score (nSPS) is 10.5. The van der Waals surface area contributed by atoms with Gasteiger partial charge in [0.2, 0.25) is 0 Å². The minimum absolute atomic E-state index is 0.0655. The van der Waals surface area contributed by atoms with Crippen molar-refractivity contribution in [2.24, 2.45) is 0 Å². The van der Waals surface area contributed by atoms with Crippen molar-refractivity contribution in [1.82, 2.24) is 10.3 Å². The number of hydrogen-bond acceptors (Lipinski definition) is 7. The van der Waals surface area contributed by atoms with Crippen LogP contribution in [0.5, 0.6) is 0 Å². The Labute approximate surface area is 141 Å². The zero-order chi connectivity index (χ0) is 17.3. The number of aromatic nitrogens is 1. The van der Waals surface area contributed by atoms with E-state index < -0.39 is 0 Å². The first-order valence-electron chi connectivity index (χ1n) is 6.93. The molecule has 0 aromatic carbocycles. The van der Waals surface area contributed by atoms with Crippen molar-refractivity contribution in [2.45, 2.75) is 0 Å². The summed E-state index contributed by atoms with van der Waals surface area (Å²) >= 11 is 1.11. The zero-order valence-electron chi connectivity index (χ0n) is 12.5. The van der Waals surface area contributed by atoms with Crippen molar-refractivity contribution in [3.05, 3.63) is 41.5 Å². The first-order chi connectivity index (χ1) is 11.6. The molecule has 0 radical (unpaired) electrons. The second-order valence-corrected chi connectivity index (χ2v) is 5.86. The molecule has 0 spiro atoms. The Hall–Kier alpha value is -3.31. The van der Waals surface area contributed by atoms with Crippen LogP contribution in [0.25, 0.3) is 21.5 Å². The number of nitrogens with two attached hydrogens (primary N) is 2. The predicted molar refractivity (Wildman–Crippen MR) is 93.4 cm³/mol. The fourth-order valence-corrected chi connectivity index (χ4v) is 3.39. The zero-order valence-corrected chi connectivity index (χ0v) is 13.3. The van der Waals surface area contributed by atoms with Crippen molar-refractivity contribution in [3.8, 4) is 17.4 Å². The molecule has 1 amide bonds. The molecule has 0 unspecified atom stereocenters. The summed E-state index contributed by atoms with van der Waals surface area (Å²) < 4.78 is 5.42. The average Bonchev–Trinajstić information content (AvgIpc) is 3.20. The number of anilines is 2. The molecule has 7 nitrogen and oxygen atoms in total. The fourth-order valence-electron chi connectivity index (χ4n) is 2.36. The second-order valence-electron chi connectivity index (χ2n) is 4.86. The van der Waals surface area contributed by atoms with E-state index in [0.717, 1.165) is 11.3 Å². The van der Waals surface area contributed by atoms with E-state index in [1.807, 2.05) is 6.07 Å². The minimum atomic E-state index is -0.335. The summed E-state index contributed by atoms with van der Waals surface area (Å²) in [6, 6.07) is 5.42. The number of nitrogen functional groups attached to an aromatic ring is 2. The van der Waals surface area contributed by atoms with Crippen LogP contribution in [0.1, 0.15) is 15.2 Å². The van der Waals surface area contributed by atoms with Crippen LogP contribution in [0.4, 0.5) is 11.5 Å². The van der Waals surface area contributed by atoms with Gasteiger partial charge in [-0.3, -0.25) is 4.79 Å². The van der Waals surface area contributed by atoms with Gasteiger partial charge >= 0.3 is 0 Å². The van der Waals surface area contributed by atoms with E-state index in [1.54, 1.807) is 18.2 Å². The Morgan fingerprint density at radius 3 is 2.96 bits per heavy atom. The number of carbonyl (C=O) groups excluding carboxylic acids is 1. The molecule has 120 valence electrons. The topological polar surface area (TPSA) is 131 Å². The summed E-state index contributed by atoms with van der Waals surface area (Å²) in [5.74, 6) is 0.168. The molecule has 5 N–H and O–H groups in total. The summed E-state index contributed by atoms with van der Waals surface area (Å²) in [6.07, 6.45) is 3.05. The van der Waals surface area contributed by atoms with Crippen LogP contribution in [-0.4, -0.2) is 17.4 Å². The Morgan fingerprint density at radius 2 is 2.33 bits per heavy atom. The van der Waals surface area contributed by atoms with Crippen LogP contribution in [-0.2, 0) is 0 Å². The number of carbonyl (C=O) groups is 1. The van der Waals surface area contributed by atoms with Gasteiger partial charge in [-0.1, -0.05) is 6.08 Å². The lowest BCUT2D eigenvalue weighted by Gasteiger charge is -2.06. The molecule has 0 fully saturated rings. The molecule has 0 saturated heterocycles. The van der Waals surface area contributed by atoms with Crippen LogP contribution in [0, 0.1) is 11.3 Å². The van der Waals surface area contributed by atoms with E-state index in [9.17, 15) is 10.1 Å². The lowest BCUT2D eigenvalue weighted by molar-refractivity contribution is 0.0963. The summed E-state index contributed by atoms with van der Waals surface area (Å²) in [5, 5.41) is 12.6. The van der Waals surface area contributed by atoms with E-state index in [2.05, 4.69) is 16.9 Å². The highest BCUT2D eigenvalue weighted by atomic mass is 32.1. The van der Waals surface area contributed by atoms with Crippen molar-refractivity contribution in [2.75, 3.05) is 18.0 Å². The number of nitriles is 1.